The molecule has 0 unspecified atom stereocenters. The fraction of sp³-hybridized carbons (Fsp3) is 0.381. The van der Waals surface area contributed by atoms with Gasteiger partial charge < -0.3 is 10.1 Å². The van der Waals surface area contributed by atoms with Gasteiger partial charge in [0.05, 0.1) is 0 Å². The average Bonchev–Trinajstić information content (AvgIpc) is 2.63. The molecule has 1 atom stereocenters. The van der Waals surface area contributed by atoms with Crippen LogP contribution in [0.4, 0.5) is 4.39 Å². The Kier molecular flexibility index (Phi) is 7.98. The molecule has 26 heavy (non-hydrogen) atoms. The Bertz CT molecular complexity index is 721. The summed E-state index contributed by atoms with van der Waals surface area (Å²) in [4.78, 5) is 12.2. The number of ether oxygens (including phenoxy) is 1. The van der Waals surface area contributed by atoms with Crippen LogP contribution in [0.3, 0.4) is 0 Å². The molecule has 5 heteroatoms. The molecular weight excluding hydrogens is 349 g/mol. The number of hydrogen-bond acceptors (Lipinski definition) is 3. The molecule has 3 nitrogen and oxygen atoms in total. The highest BCUT2D eigenvalue weighted by atomic mass is 32.2. The molecule has 0 aliphatic heterocycles. The minimum atomic E-state index is -0.563. The molecule has 1 N–H and O–H groups in total. The summed E-state index contributed by atoms with van der Waals surface area (Å²) in [6.45, 7) is 6.47. The summed E-state index contributed by atoms with van der Waals surface area (Å²) < 4.78 is 19.4. The number of carbonyl (C=O) groups is 1. The highest BCUT2D eigenvalue weighted by Crippen LogP contribution is 2.26. The van der Waals surface area contributed by atoms with Crippen molar-refractivity contribution >= 4 is 17.7 Å². The zero-order valence-electron chi connectivity index (χ0n) is 15.5. The lowest BCUT2D eigenvalue weighted by molar-refractivity contribution is -0.127. The summed E-state index contributed by atoms with van der Waals surface area (Å²) in [5, 5.41) is 2.87. The van der Waals surface area contributed by atoms with Crippen LogP contribution in [0.2, 0.25) is 0 Å². The topological polar surface area (TPSA) is 38.3 Å². The van der Waals surface area contributed by atoms with Crippen molar-refractivity contribution in [1.82, 2.24) is 5.32 Å². The van der Waals surface area contributed by atoms with E-state index in [0.29, 0.717) is 23.8 Å². The highest BCUT2D eigenvalue weighted by Gasteiger charge is 2.16. The molecule has 0 aliphatic carbocycles. The maximum atomic E-state index is 13.5. The van der Waals surface area contributed by atoms with E-state index >= 15 is 0 Å². The van der Waals surface area contributed by atoms with Crippen LogP contribution in [0.25, 0.3) is 0 Å². The molecule has 1 amide bonds. The van der Waals surface area contributed by atoms with Crippen LogP contribution in [0.5, 0.6) is 5.75 Å². The highest BCUT2D eigenvalue weighted by molar-refractivity contribution is 7.98. The first kappa shape index (κ1) is 20.3. The third-order valence-corrected chi connectivity index (χ3v) is 4.98. The molecule has 0 fully saturated rings. The van der Waals surface area contributed by atoms with E-state index in [9.17, 15) is 9.18 Å². The smallest absolute Gasteiger partial charge is 0.260 e. The first-order chi connectivity index (χ1) is 12.5. The van der Waals surface area contributed by atoms with E-state index in [1.165, 1.54) is 6.07 Å². The second kappa shape index (κ2) is 10.2. The maximum absolute atomic E-state index is 13.5. The summed E-state index contributed by atoms with van der Waals surface area (Å²) >= 11 is 1.59. The van der Waals surface area contributed by atoms with Crippen LogP contribution >= 0.6 is 11.8 Å². The minimum Gasteiger partial charge on any atom is -0.481 e. The van der Waals surface area contributed by atoms with Gasteiger partial charge in [-0.1, -0.05) is 50.2 Å². The third-order valence-electron chi connectivity index (χ3n) is 3.98. The molecule has 0 saturated carbocycles. The number of nitrogens with one attached hydrogen (secondary N) is 1. The van der Waals surface area contributed by atoms with Gasteiger partial charge >= 0.3 is 0 Å². The van der Waals surface area contributed by atoms with Crippen molar-refractivity contribution < 1.29 is 13.9 Å². The van der Waals surface area contributed by atoms with Gasteiger partial charge in [0, 0.05) is 18.1 Å². The average molecular weight is 376 g/mol. The standard InChI is InChI=1S/C21H26FNO2S/c1-15(2)18-9-5-7-11-20(18)25-16(3)21(24)23-12-13-26-14-17-8-4-6-10-19(17)22/h4-11,15-16H,12-14H2,1-3H3,(H,23,24)/t16-/m1/s1. The Morgan fingerprint density at radius 1 is 1.12 bits per heavy atom. The zero-order chi connectivity index (χ0) is 18.9. The van der Waals surface area contributed by atoms with Gasteiger partial charge in [-0.2, -0.15) is 11.8 Å². The van der Waals surface area contributed by atoms with Crippen molar-refractivity contribution in [2.24, 2.45) is 0 Å². The number of rotatable bonds is 9. The molecule has 0 radical (unpaired) electrons. The summed E-state index contributed by atoms with van der Waals surface area (Å²) in [6.07, 6.45) is -0.563. The number of carbonyl (C=O) groups excluding carboxylic acids is 1. The van der Waals surface area contributed by atoms with Gasteiger partial charge in [0.1, 0.15) is 11.6 Å². The van der Waals surface area contributed by atoms with Gasteiger partial charge in [-0.25, -0.2) is 4.39 Å². The van der Waals surface area contributed by atoms with Gasteiger partial charge in [0.15, 0.2) is 6.10 Å². The molecule has 2 rings (SSSR count). The van der Waals surface area contributed by atoms with E-state index in [2.05, 4.69) is 19.2 Å². The first-order valence-electron chi connectivity index (χ1n) is 8.83. The molecule has 0 spiro atoms. The van der Waals surface area contributed by atoms with Crippen LogP contribution < -0.4 is 10.1 Å². The summed E-state index contributed by atoms with van der Waals surface area (Å²) in [5.74, 6) is 2.06. The Labute approximate surface area is 159 Å². The fourth-order valence-electron chi connectivity index (χ4n) is 2.50. The van der Waals surface area contributed by atoms with E-state index in [1.54, 1.807) is 30.8 Å². The Balaban J connectivity index is 1.73. The maximum Gasteiger partial charge on any atom is 0.260 e. The van der Waals surface area contributed by atoms with Crippen LogP contribution in [0, 0.1) is 5.82 Å². The molecule has 0 bridgehead atoms. The van der Waals surface area contributed by atoms with E-state index in [-0.39, 0.29) is 11.7 Å². The van der Waals surface area contributed by atoms with Crippen LogP contribution in [0.15, 0.2) is 48.5 Å². The lowest BCUT2D eigenvalue weighted by Crippen LogP contribution is -2.37. The molecule has 0 aliphatic rings. The van der Waals surface area contributed by atoms with Gasteiger partial charge in [0.2, 0.25) is 0 Å². The van der Waals surface area contributed by atoms with Gasteiger partial charge in [-0.05, 0) is 36.1 Å². The van der Waals surface area contributed by atoms with Crippen molar-refractivity contribution in [3.63, 3.8) is 0 Å². The number of hydrogen-bond donors (Lipinski definition) is 1. The summed E-state index contributed by atoms with van der Waals surface area (Å²) in [7, 11) is 0. The number of benzene rings is 2. The van der Waals surface area contributed by atoms with E-state index in [1.807, 2.05) is 30.3 Å². The Morgan fingerprint density at radius 3 is 2.54 bits per heavy atom. The molecule has 0 saturated heterocycles. The number of amides is 1. The molecule has 0 aromatic heterocycles. The van der Waals surface area contributed by atoms with Crippen molar-refractivity contribution in [3.05, 3.63) is 65.5 Å². The second-order valence-electron chi connectivity index (χ2n) is 6.39. The Morgan fingerprint density at radius 2 is 1.81 bits per heavy atom. The Hall–Kier alpha value is -2.01. The number of halogens is 1. The second-order valence-corrected chi connectivity index (χ2v) is 7.49. The van der Waals surface area contributed by atoms with Crippen LogP contribution in [0.1, 0.15) is 37.8 Å². The quantitative estimate of drug-likeness (QED) is 0.642. The molecule has 2 aromatic rings. The normalized spacial score (nSPS) is 12.0. The minimum absolute atomic E-state index is 0.143. The summed E-state index contributed by atoms with van der Waals surface area (Å²) in [6, 6.07) is 14.5. The van der Waals surface area contributed by atoms with E-state index in [0.717, 1.165) is 17.1 Å². The monoisotopic (exact) mass is 375 g/mol. The summed E-state index contributed by atoms with van der Waals surface area (Å²) in [5.41, 5.74) is 1.78. The largest absolute Gasteiger partial charge is 0.481 e. The van der Waals surface area contributed by atoms with Gasteiger partial charge in [-0.3, -0.25) is 4.79 Å². The van der Waals surface area contributed by atoms with Gasteiger partial charge in [0.25, 0.3) is 5.91 Å². The van der Waals surface area contributed by atoms with Crippen molar-refractivity contribution in [2.75, 3.05) is 12.3 Å². The first-order valence-corrected chi connectivity index (χ1v) is 9.99. The van der Waals surface area contributed by atoms with Crippen molar-refractivity contribution in [2.45, 2.75) is 38.5 Å². The van der Waals surface area contributed by atoms with Gasteiger partial charge in [-0.15, -0.1) is 0 Å². The predicted molar refractivity (Wildman–Crippen MR) is 106 cm³/mol. The van der Waals surface area contributed by atoms with E-state index < -0.39 is 6.10 Å². The fourth-order valence-corrected chi connectivity index (χ4v) is 3.34. The van der Waals surface area contributed by atoms with Crippen molar-refractivity contribution in [3.8, 4) is 5.75 Å². The zero-order valence-corrected chi connectivity index (χ0v) is 16.3. The van der Waals surface area contributed by atoms with Crippen molar-refractivity contribution in [1.29, 1.82) is 0 Å². The predicted octanol–water partition coefficient (Wildman–Crippen LogP) is 4.77. The molecule has 2 aromatic carbocycles. The van der Waals surface area contributed by atoms with Crippen LogP contribution in [-0.2, 0) is 10.5 Å². The molecule has 0 heterocycles. The lowest BCUT2D eigenvalue weighted by Gasteiger charge is -2.18. The number of thioether (sulfide) groups is 1. The molecule has 140 valence electrons. The SMILES string of the molecule is CC(C)c1ccccc1O[C@H](C)C(=O)NCCSCc1ccccc1F. The molecular formula is C21H26FNO2S. The lowest BCUT2D eigenvalue weighted by atomic mass is 10.0. The van der Waals surface area contributed by atoms with Crippen LogP contribution in [-0.4, -0.2) is 24.3 Å². The third kappa shape index (κ3) is 6.06. The van der Waals surface area contributed by atoms with E-state index in [4.69, 9.17) is 4.74 Å². The number of para-hydroxylation sites is 1.